The van der Waals surface area contributed by atoms with Gasteiger partial charge in [-0.3, -0.25) is 4.79 Å². The van der Waals surface area contributed by atoms with E-state index < -0.39 is 0 Å². The minimum absolute atomic E-state index is 0.287. The summed E-state index contributed by atoms with van der Waals surface area (Å²) < 4.78 is 1.04. The van der Waals surface area contributed by atoms with Crippen LogP contribution in [-0.2, 0) is 5.41 Å². The summed E-state index contributed by atoms with van der Waals surface area (Å²) in [5.74, 6) is 6.04. The van der Waals surface area contributed by atoms with Gasteiger partial charge in [0.05, 0.1) is 0 Å². The van der Waals surface area contributed by atoms with Crippen LogP contribution in [0.2, 0.25) is 0 Å². The summed E-state index contributed by atoms with van der Waals surface area (Å²) >= 11 is 0. The van der Waals surface area contributed by atoms with E-state index in [0.29, 0.717) is 11.6 Å². The van der Waals surface area contributed by atoms with Crippen LogP contribution in [0.15, 0.2) is 4.79 Å². The molecule has 0 saturated carbocycles. The summed E-state index contributed by atoms with van der Waals surface area (Å²) in [6.45, 7) is 5.91. The van der Waals surface area contributed by atoms with E-state index in [9.17, 15) is 4.79 Å². The van der Waals surface area contributed by atoms with Gasteiger partial charge in [-0.25, -0.2) is 0 Å². The molecule has 0 saturated heterocycles. The quantitative estimate of drug-likeness (QED) is 0.739. The van der Waals surface area contributed by atoms with Crippen molar-refractivity contribution < 1.29 is 0 Å². The molecule has 0 aromatic carbocycles. The molecule has 2 N–H and O–H groups in total. The smallest absolute Gasteiger partial charge is 0.295 e. The standard InChI is InChI=1S/C10H19N5O/c1-6-10(2,3)7-8(16)15(11)9(13-12-7)14(4)5/h6,11H2,1-5H3. The molecule has 1 rings (SSSR count). The maximum atomic E-state index is 12.0. The number of nitrogens with two attached hydrogens (primary N) is 1. The molecular formula is C10H19N5O. The summed E-state index contributed by atoms with van der Waals surface area (Å²) in [6.07, 6.45) is 0.804. The van der Waals surface area contributed by atoms with Crippen LogP contribution in [0.1, 0.15) is 32.9 Å². The second-order valence-electron chi connectivity index (χ2n) is 4.66. The van der Waals surface area contributed by atoms with Crippen molar-refractivity contribution in [1.82, 2.24) is 14.9 Å². The maximum Gasteiger partial charge on any atom is 0.295 e. The Labute approximate surface area is 95.1 Å². The molecule has 0 bridgehead atoms. The fourth-order valence-corrected chi connectivity index (χ4v) is 1.29. The second kappa shape index (κ2) is 4.11. The minimum Gasteiger partial charge on any atom is -0.346 e. The lowest BCUT2D eigenvalue weighted by Gasteiger charge is -2.22. The van der Waals surface area contributed by atoms with Crippen LogP contribution < -0.4 is 16.3 Å². The number of aromatic nitrogens is 3. The molecule has 6 nitrogen and oxygen atoms in total. The predicted octanol–water partition coefficient (Wildman–Crippen LogP) is 0.106. The zero-order valence-corrected chi connectivity index (χ0v) is 10.5. The molecule has 0 amide bonds. The van der Waals surface area contributed by atoms with E-state index in [4.69, 9.17) is 5.84 Å². The Hall–Kier alpha value is -1.59. The summed E-state index contributed by atoms with van der Waals surface area (Å²) in [6, 6.07) is 0. The van der Waals surface area contributed by atoms with Gasteiger partial charge in [-0.2, -0.15) is 4.68 Å². The molecule has 1 aromatic heterocycles. The molecule has 0 radical (unpaired) electrons. The Morgan fingerprint density at radius 3 is 2.38 bits per heavy atom. The fraction of sp³-hybridized carbons (Fsp3) is 0.700. The molecule has 0 atom stereocenters. The van der Waals surface area contributed by atoms with E-state index >= 15 is 0 Å². The summed E-state index contributed by atoms with van der Waals surface area (Å²) in [5.41, 5.74) is -0.190. The van der Waals surface area contributed by atoms with Gasteiger partial charge in [0.1, 0.15) is 5.69 Å². The van der Waals surface area contributed by atoms with E-state index in [1.807, 2.05) is 20.8 Å². The maximum absolute atomic E-state index is 12.0. The van der Waals surface area contributed by atoms with Gasteiger partial charge < -0.3 is 10.7 Å². The molecular weight excluding hydrogens is 206 g/mol. The van der Waals surface area contributed by atoms with E-state index in [2.05, 4.69) is 10.2 Å². The van der Waals surface area contributed by atoms with Crippen molar-refractivity contribution in [2.24, 2.45) is 0 Å². The lowest BCUT2D eigenvalue weighted by Crippen LogP contribution is -2.40. The number of hydrogen-bond donors (Lipinski definition) is 1. The Morgan fingerprint density at radius 1 is 1.38 bits per heavy atom. The van der Waals surface area contributed by atoms with Crippen LogP contribution in [0.3, 0.4) is 0 Å². The van der Waals surface area contributed by atoms with Crippen LogP contribution in [0.5, 0.6) is 0 Å². The third-order valence-electron chi connectivity index (χ3n) is 2.80. The SMILES string of the molecule is CCC(C)(C)c1nnc(N(C)C)n(N)c1=O. The van der Waals surface area contributed by atoms with Crippen LogP contribution in [-0.4, -0.2) is 29.0 Å². The largest absolute Gasteiger partial charge is 0.346 e. The monoisotopic (exact) mass is 225 g/mol. The molecule has 1 heterocycles. The normalized spacial score (nSPS) is 11.6. The first-order chi connectivity index (χ1) is 7.31. The third-order valence-corrected chi connectivity index (χ3v) is 2.80. The Kier molecular flexibility index (Phi) is 3.21. The highest BCUT2D eigenvalue weighted by Gasteiger charge is 2.26. The number of rotatable bonds is 3. The molecule has 0 aliphatic carbocycles. The highest BCUT2D eigenvalue weighted by molar-refractivity contribution is 5.27. The van der Waals surface area contributed by atoms with Crippen molar-refractivity contribution in [3.05, 3.63) is 16.0 Å². The highest BCUT2D eigenvalue weighted by atomic mass is 16.1. The van der Waals surface area contributed by atoms with Gasteiger partial charge in [-0.1, -0.05) is 20.8 Å². The molecule has 0 aliphatic heterocycles. The molecule has 16 heavy (non-hydrogen) atoms. The lowest BCUT2D eigenvalue weighted by molar-refractivity contribution is 0.470. The summed E-state index contributed by atoms with van der Waals surface area (Å²) in [7, 11) is 3.52. The fourth-order valence-electron chi connectivity index (χ4n) is 1.29. The van der Waals surface area contributed by atoms with Crippen LogP contribution in [0.4, 0.5) is 5.95 Å². The van der Waals surface area contributed by atoms with E-state index in [1.165, 1.54) is 0 Å². The van der Waals surface area contributed by atoms with Crippen molar-refractivity contribution in [2.45, 2.75) is 32.6 Å². The first kappa shape index (κ1) is 12.5. The number of hydrogen-bond acceptors (Lipinski definition) is 5. The average Bonchev–Trinajstić information content (AvgIpc) is 2.21. The zero-order valence-electron chi connectivity index (χ0n) is 10.5. The third kappa shape index (κ3) is 2.00. The van der Waals surface area contributed by atoms with Gasteiger partial charge in [-0.05, 0) is 6.42 Å². The molecule has 0 spiro atoms. The van der Waals surface area contributed by atoms with Crippen LogP contribution in [0, 0.1) is 0 Å². The van der Waals surface area contributed by atoms with Crippen molar-refractivity contribution in [3.8, 4) is 0 Å². The Balaban J connectivity index is 3.39. The molecule has 1 aromatic rings. The van der Waals surface area contributed by atoms with Crippen molar-refractivity contribution in [1.29, 1.82) is 0 Å². The minimum atomic E-state index is -0.309. The molecule has 90 valence electrons. The molecule has 6 heteroatoms. The van der Waals surface area contributed by atoms with Crippen molar-refractivity contribution in [2.75, 3.05) is 24.8 Å². The molecule has 0 fully saturated rings. The van der Waals surface area contributed by atoms with E-state index in [1.54, 1.807) is 19.0 Å². The Morgan fingerprint density at radius 2 is 1.94 bits per heavy atom. The van der Waals surface area contributed by atoms with E-state index in [0.717, 1.165) is 11.1 Å². The average molecular weight is 225 g/mol. The molecule has 0 unspecified atom stereocenters. The van der Waals surface area contributed by atoms with Gasteiger partial charge in [0.15, 0.2) is 0 Å². The number of nitrogens with zero attached hydrogens (tertiary/aromatic N) is 4. The summed E-state index contributed by atoms with van der Waals surface area (Å²) in [5, 5.41) is 7.96. The first-order valence-electron chi connectivity index (χ1n) is 5.24. The number of nitrogen functional groups attached to an aromatic ring is 1. The zero-order chi connectivity index (χ0) is 12.5. The lowest BCUT2D eigenvalue weighted by atomic mass is 9.87. The second-order valence-corrected chi connectivity index (χ2v) is 4.66. The molecule has 0 aliphatic rings. The topological polar surface area (TPSA) is 77.0 Å². The van der Waals surface area contributed by atoms with Gasteiger partial charge in [0.25, 0.3) is 5.56 Å². The van der Waals surface area contributed by atoms with Gasteiger partial charge in [0, 0.05) is 19.5 Å². The van der Waals surface area contributed by atoms with Crippen molar-refractivity contribution in [3.63, 3.8) is 0 Å². The van der Waals surface area contributed by atoms with Gasteiger partial charge in [-0.15, -0.1) is 10.2 Å². The van der Waals surface area contributed by atoms with Gasteiger partial charge in [0.2, 0.25) is 5.95 Å². The van der Waals surface area contributed by atoms with Crippen LogP contribution >= 0.6 is 0 Å². The Bertz CT molecular complexity index is 435. The predicted molar refractivity (Wildman–Crippen MR) is 64.1 cm³/mol. The van der Waals surface area contributed by atoms with Gasteiger partial charge >= 0.3 is 0 Å². The van der Waals surface area contributed by atoms with Crippen molar-refractivity contribution >= 4 is 5.95 Å². The summed E-state index contributed by atoms with van der Waals surface area (Å²) in [4.78, 5) is 13.7. The highest BCUT2D eigenvalue weighted by Crippen LogP contribution is 2.21. The van der Waals surface area contributed by atoms with Crippen LogP contribution in [0.25, 0.3) is 0 Å². The first-order valence-corrected chi connectivity index (χ1v) is 5.24. The van der Waals surface area contributed by atoms with E-state index in [-0.39, 0.29) is 11.0 Å². The number of anilines is 1.